The summed E-state index contributed by atoms with van der Waals surface area (Å²) in [5.74, 6) is 0. The second-order valence-corrected chi connectivity index (χ2v) is 1.74. The predicted octanol–water partition coefficient (Wildman–Crippen LogP) is -0.0267. The van der Waals surface area contributed by atoms with Crippen LogP contribution in [0.2, 0.25) is 0 Å². The highest BCUT2D eigenvalue weighted by molar-refractivity contribution is 4.41. The number of hydrogen-bond donors (Lipinski definition) is 2. The summed E-state index contributed by atoms with van der Waals surface area (Å²) in [6.45, 7) is 1.73. The van der Waals surface area contributed by atoms with Crippen LogP contribution in [0.15, 0.2) is 0 Å². The van der Waals surface area contributed by atoms with Crippen molar-refractivity contribution in [2.45, 2.75) is 19.4 Å². The average molecular weight is 170 g/mol. The lowest BCUT2D eigenvalue weighted by Crippen LogP contribution is -2.06. The van der Waals surface area contributed by atoms with Gasteiger partial charge in [0.2, 0.25) is 0 Å². The van der Waals surface area contributed by atoms with E-state index in [-0.39, 0.29) is 6.61 Å². The number of aliphatic hydroxyl groups excluding tert-OH is 1. The second kappa shape index (κ2) is 7.82. The van der Waals surface area contributed by atoms with Gasteiger partial charge in [-0.15, -0.1) is 0 Å². The molecule has 0 aromatic rings. The van der Waals surface area contributed by atoms with Crippen LogP contribution in [0.5, 0.6) is 0 Å². The molecule has 2 N–H and O–H groups in total. The van der Waals surface area contributed by atoms with Crippen molar-refractivity contribution >= 4 is 0 Å². The van der Waals surface area contributed by atoms with Crippen LogP contribution in [-0.4, -0.2) is 23.1 Å². The van der Waals surface area contributed by atoms with Gasteiger partial charge in [-0.25, -0.2) is 10.1 Å². The zero-order valence-corrected chi connectivity index (χ0v) is 5.93. The Kier molecular flexibility index (Phi) is 7.62. The molecule has 68 valence electrons. The summed E-state index contributed by atoms with van der Waals surface area (Å²) in [7, 11) is 0. The molecule has 11 heavy (non-hydrogen) atoms. The molecule has 7 heteroatoms. The molecule has 0 aliphatic rings. The summed E-state index contributed by atoms with van der Waals surface area (Å²) in [5, 5.41) is 29.9. The van der Waals surface area contributed by atoms with Gasteiger partial charge in [-0.3, -0.25) is 0 Å². The van der Waals surface area contributed by atoms with Gasteiger partial charge in [0.05, 0.1) is 12.7 Å². The first-order valence-electron chi connectivity index (χ1n) is 2.88. The highest BCUT2D eigenvalue weighted by Crippen LogP contribution is 1.91. The fraction of sp³-hybridized carbons (Fsp3) is 1.00. The Balaban J connectivity index is 2.80. The number of aliphatic hydroxyl groups is 1. The van der Waals surface area contributed by atoms with Crippen molar-refractivity contribution in [3.05, 3.63) is 0 Å². The largest absolute Gasteiger partial charge is 0.393 e. The number of rotatable bonds is 7. The standard InChI is InChI=1S/C4H10O7/c1-4(5)2-3-7-9-11-10-8-6/h4-6H,2-3H2,1H3. The minimum Gasteiger partial charge on any atom is -0.393 e. The summed E-state index contributed by atoms with van der Waals surface area (Å²) in [6, 6.07) is 0. The minimum atomic E-state index is -0.478. The molecule has 7 nitrogen and oxygen atoms in total. The first-order valence-corrected chi connectivity index (χ1v) is 2.88. The molecule has 0 aliphatic carbocycles. The highest BCUT2D eigenvalue weighted by atomic mass is 17.8. The monoisotopic (exact) mass is 170 g/mol. The quantitative estimate of drug-likeness (QED) is 0.315. The maximum atomic E-state index is 8.68. The molecule has 1 atom stereocenters. The smallest absolute Gasteiger partial charge is 0.0879 e. The van der Waals surface area contributed by atoms with E-state index in [2.05, 4.69) is 25.0 Å². The van der Waals surface area contributed by atoms with Crippen LogP contribution in [0.3, 0.4) is 0 Å². The van der Waals surface area contributed by atoms with Crippen LogP contribution in [-0.2, 0) is 25.0 Å². The molecule has 0 aromatic carbocycles. The van der Waals surface area contributed by atoms with Crippen molar-refractivity contribution in [1.29, 1.82) is 0 Å². The van der Waals surface area contributed by atoms with E-state index in [1.54, 1.807) is 6.92 Å². The Labute approximate surface area is 62.6 Å². The fourth-order valence-corrected chi connectivity index (χ4v) is 0.296. The summed E-state index contributed by atoms with van der Waals surface area (Å²) in [6.07, 6.45) is -0.0859. The Morgan fingerprint density at radius 2 is 2.00 bits per heavy atom. The molecule has 0 radical (unpaired) electrons. The zero-order chi connectivity index (χ0) is 8.53. The zero-order valence-electron chi connectivity index (χ0n) is 5.93. The van der Waals surface area contributed by atoms with Gasteiger partial charge < -0.3 is 5.11 Å². The van der Waals surface area contributed by atoms with E-state index in [4.69, 9.17) is 10.4 Å². The fourth-order valence-electron chi connectivity index (χ4n) is 0.296. The van der Waals surface area contributed by atoms with Gasteiger partial charge in [0.15, 0.2) is 0 Å². The Morgan fingerprint density at radius 3 is 2.55 bits per heavy atom. The maximum Gasteiger partial charge on any atom is 0.0879 e. The molecule has 1 unspecified atom stereocenters. The molecule has 0 heterocycles. The van der Waals surface area contributed by atoms with E-state index in [1.807, 2.05) is 0 Å². The van der Waals surface area contributed by atoms with Crippen LogP contribution >= 0.6 is 0 Å². The van der Waals surface area contributed by atoms with Gasteiger partial charge in [0.25, 0.3) is 0 Å². The van der Waals surface area contributed by atoms with Gasteiger partial charge in [-0.05, 0) is 33.5 Å². The topological polar surface area (TPSA) is 86.6 Å². The molecule has 0 aliphatic heterocycles. The third kappa shape index (κ3) is 9.72. The molecule has 0 saturated carbocycles. The Bertz CT molecular complexity index is 74.8. The van der Waals surface area contributed by atoms with Gasteiger partial charge in [-0.1, -0.05) is 0 Å². The van der Waals surface area contributed by atoms with E-state index in [0.717, 1.165) is 0 Å². The number of hydrogen-bond acceptors (Lipinski definition) is 7. The molecule has 0 spiro atoms. The SMILES string of the molecule is CC(O)CCOOOOOO. The molecule has 0 fully saturated rings. The first-order chi connectivity index (χ1) is 5.27. The molecule has 0 bridgehead atoms. The van der Waals surface area contributed by atoms with Crippen molar-refractivity contribution in [1.82, 2.24) is 0 Å². The predicted molar refractivity (Wildman–Crippen MR) is 29.2 cm³/mol. The van der Waals surface area contributed by atoms with Crippen molar-refractivity contribution in [2.24, 2.45) is 0 Å². The van der Waals surface area contributed by atoms with Crippen molar-refractivity contribution in [3.63, 3.8) is 0 Å². The lowest BCUT2D eigenvalue weighted by atomic mass is 10.3. The van der Waals surface area contributed by atoms with Crippen LogP contribution in [0, 0.1) is 0 Å². The van der Waals surface area contributed by atoms with Gasteiger partial charge in [0, 0.05) is 0 Å². The van der Waals surface area contributed by atoms with E-state index >= 15 is 0 Å². The normalized spacial score (nSPS) is 13.4. The van der Waals surface area contributed by atoms with E-state index in [0.29, 0.717) is 6.42 Å². The highest BCUT2D eigenvalue weighted by Gasteiger charge is 1.96. The summed E-state index contributed by atoms with van der Waals surface area (Å²) < 4.78 is 0. The van der Waals surface area contributed by atoms with Crippen LogP contribution in [0.4, 0.5) is 0 Å². The summed E-state index contributed by atoms with van der Waals surface area (Å²) in [4.78, 5) is 4.25. The van der Waals surface area contributed by atoms with Gasteiger partial charge in [-0.2, -0.15) is 0 Å². The van der Waals surface area contributed by atoms with Crippen LogP contribution < -0.4 is 0 Å². The maximum absolute atomic E-state index is 8.68. The third-order valence-electron chi connectivity index (χ3n) is 0.753. The van der Waals surface area contributed by atoms with Crippen molar-refractivity contribution in [2.75, 3.05) is 6.61 Å². The van der Waals surface area contributed by atoms with E-state index < -0.39 is 6.10 Å². The van der Waals surface area contributed by atoms with Crippen molar-refractivity contribution in [3.8, 4) is 0 Å². The molecular weight excluding hydrogens is 160 g/mol. The van der Waals surface area contributed by atoms with Crippen molar-refractivity contribution < 1.29 is 35.4 Å². The van der Waals surface area contributed by atoms with Crippen LogP contribution in [0.1, 0.15) is 13.3 Å². The minimum absolute atomic E-state index is 0.131. The van der Waals surface area contributed by atoms with E-state index in [9.17, 15) is 0 Å². The van der Waals surface area contributed by atoms with Gasteiger partial charge in [0.1, 0.15) is 0 Å². The average Bonchev–Trinajstić information content (AvgIpc) is 1.96. The molecule has 0 amide bonds. The lowest BCUT2D eigenvalue weighted by Gasteiger charge is -2.01. The molecule has 0 rings (SSSR count). The Hall–Kier alpha value is -0.280. The van der Waals surface area contributed by atoms with Gasteiger partial charge >= 0.3 is 0 Å². The summed E-state index contributed by atoms with van der Waals surface area (Å²) >= 11 is 0. The molecule has 0 aromatic heterocycles. The summed E-state index contributed by atoms with van der Waals surface area (Å²) in [5.41, 5.74) is 0. The van der Waals surface area contributed by atoms with Crippen LogP contribution in [0.25, 0.3) is 0 Å². The molecular formula is C4H10O7. The second-order valence-electron chi connectivity index (χ2n) is 1.74. The lowest BCUT2D eigenvalue weighted by molar-refractivity contribution is -0.753. The third-order valence-corrected chi connectivity index (χ3v) is 0.753. The molecule has 0 saturated heterocycles. The first kappa shape index (κ1) is 10.7. The van der Waals surface area contributed by atoms with E-state index in [1.165, 1.54) is 0 Å². The Morgan fingerprint density at radius 1 is 1.27 bits per heavy atom.